The summed E-state index contributed by atoms with van der Waals surface area (Å²) in [5, 5.41) is 3.53. The van der Waals surface area contributed by atoms with Crippen LogP contribution in [0.1, 0.15) is 35.1 Å². The second kappa shape index (κ2) is 5.86. The highest BCUT2D eigenvalue weighted by molar-refractivity contribution is 5.45. The molecule has 1 aromatic heterocycles. The van der Waals surface area contributed by atoms with E-state index in [2.05, 4.69) is 43.2 Å². The van der Waals surface area contributed by atoms with E-state index in [-0.39, 0.29) is 0 Å². The van der Waals surface area contributed by atoms with Crippen LogP contribution >= 0.6 is 0 Å². The van der Waals surface area contributed by atoms with Gasteiger partial charge in [-0.1, -0.05) is 6.07 Å². The van der Waals surface area contributed by atoms with E-state index in [1.807, 2.05) is 12.3 Å². The first kappa shape index (κ1) is 14.1. The Kier molecular flexibility index (Phi) is 3.93. The molecule has 110 valence electrons. The van der Waals surface area contributed by atoms with E-state index in [1.54, 1.807) is 6.20 Å². The average Bonchev–Trinajstić information content (AvgIpc) is 3.27. The standard InChI is InChI=1S/C18H22N2O/c1-12-8-13(2)14(3)17(9-12)21-18-11-19-7-6-15(18)10-20-16-4-5-16/h6-9,11,16,20H,4-5,10H2,1-3H3. The number of benzene rings is 1. The number of nitrogens with one attached hydrogen (secondary N) is 1. The number of hydrogen-bond donors (Lipinski definition) is 1. The van der Waals surface area contributed by atoms with Crippen molar-refractivity contribution in [3.05, 3.63) is 52.8 Å². The van der Waals surface area contributed by atoms with Gasteiger partial charge in [0.2, 0.25) is 0 Å². The third kappa shape index (κ3) is 3.42. The second-order valence-electron chi connectivity index (χ2n) is 5.95. The largest absolute Gasteiger partial charge is 0.455 e. The lowest BCUT2D eigenvalue weighted by molar-refractivity contribution is 0.465. The van der Waals surface area contributed by atoms with Gasteiger partial charge in [-0.05, 0) is 62.4 Å². The number of rotatable bonds is 5. The third-order valence-corrected chi connectivity index (χ3v) is 4.01. The van der Waals surface area contributed by atoms with Gasteiger partial charge in [0.1, 0.15) is 11.5 Å². The normalized spacial score (nSPS) is 14.2. The molecule has 2 aromatic rings. The quantitative estimate of drug-likeness (QED) is 0.898. The minimum Gasteiger partial charge on any atom is -0.455 e. The molecule has 0 aliphatic heterocycles. The van der Waals surface area contributed by atoms with E-state index in [9.17, 15) is 0 Å². The summed E-state index contributed by atoms with van der Waals surface area (Å²) in [7, 11) is 0. The van der Waals surface area contributed by atoms with Gasteiger partial charge < -0.3 is 10.1 Å². The summed E-state index contributed by atoms with van der Waals surface area (Å²) < 4.78 is 6.15. The predicted octanol–water partition coefficient (Wildman–Crippen LogP) is 4.05. The minimum absolute atomic E-state index is 0.689. The molecular formula is C18H22N2O. The molecule has 1 fully saturated rings. The summed E-state index contributed by atoms with van der Waals surface area (Å²) in [4.78, 5) is 4.21. The maximum atomic E-state index is 6.15. The Morgan fingerprint density at radius 1 is 1.19 bits per heavy atom. The highest BCUT2D eigenvalue weighted by atomic mass is 16.5. The van der Waals surface area contributed by atoms with Gasteiger partial charge in [0, 0.05) is 24.3 Å². The molecule has 1 heterocycles. The molecule has 1 aromatic carbocycles. The summed E-state index contributed by atoms with van der Waals surface area (Å²) in [6.07, 6.45) is 6.21. The molecule has 0 saturated heterocycles. The average molecular weight is 282 g/mol. The summed E-state index contributed by atoms with van der Waals surface area (Å²) in [5.41, 5.74) is 4.82. The molecule has 1 aliphatic rings. The molecule has 3 rings (SSSR count). The van der Waals surface area contributed by atoms with Gasteiger partial charge in [0.25, 0.3) is 0 Å². The van der Waals surface area contributed by atoms with Gasteiger partial charge in [-0.3, -0.25) is 4.98 Å². The molecule has 0 spiro atoms. The maximum Gasteiger partial charge on any atom is 0.150 e. The molecule has 0 atom stereocenters. The van der Waals surface area contributed by atoms with Crippen molar-refractivity contribution < 1.29 is 4.74 Å². The van der Waals surface area contributed by atoms with E-state index in [0.29, 0.717) is 6.04 Å². The van der Waals surface area contributed by atoms with Crippen molar-refractivity contribution in [3.8, 4) is 11.5 Å². The Labute approximate surface area is 126 Å². The molecule has 3 heteroatoms. The molecule has 3 nitrogen and oxygen atoms in total. The molecule has 0 unspecified atom stereocenters. The van der Waals surface area contributed by atoms with Gasteiger partial charge in [0.15, 0.2) is 0 Å². The Balaban J connectivity index is 1.83. The first-order valence-electron chi connectivity index (χ1n) is 7.55. The third-order valence-electron chi connectivity index (χ3n) is 4.01. The fourth-order valence-electron chi connectivity index (χ4n) is 2.41. The van der Waals surface area contributed by atoms with Gasteiger partial charge in [-0.15, -0.1) is 0 Å². The molecule has 0 amide bonds. The molecule has 0 radical (unpaired) electrons. The van der Waals surface area contributed by atoms with Gasteiger partial charge in [-0.25, -0.2) is 0 Å². The zero-order chi connectivity index (χ0) is 14.8. The Morgan fingerprint density at radius 2 is 2.00 bits per heavy atom. The number of pyridine rings is 1. The first-order chi connectivity index (χ1) is 10.1. The van der Waals surface area contributed by atoms with Crippen molar-refractivity contribution in [2.24, 2.45) is 0 Å². The van der Waals surface area contributed by atoms with Crippen LogP contribution in [0.15, 0.2) is 30.6 Å². The van der Waals surface area contributed by atoms with Crippen molar-refractivity contribution in [3.63, 3.8) is 0 Å². The van der Waals surface area contributed by atoms with Crippen LogP contribution in [0.3, 0.4) is 0 Å². The summed E-state index contributed by atoms with van der Waals surface area (Å²) in [5.74, 6) is 1.77. The van der Waals surface area contributed by atoms with Crippen molar-refractivity contribution in [1.29, 1.82) is 0 Å². The number of nitrogens with zero attached hydrogens (tertiary/aromatic N) is 1. The molecule has 1 aliphatic carbocycles. The van der Waals surface area contributed by atoms with E-state index in [0.717, 1.165) is 23.6 Å². The van der Waals surface area contributed by atoms with E-state index < -0.39 is 0 Å². The Bertz CT molecular complexity index is 648. The molecule has 1 saturated carbocycles. The molecule has 21 heavy (non-hydrogen) atoms. The topological polar surface area (TPSA) is 34.1 Å². The van der Waals surface area contributed by atoms with Gasteiger partial charge >= 0.3 is 0 Å². The van der Waals surface area contributed by atoms with Crippen LogP contribution in [0.25, 0.3) is 0 Å². The fourth-order valence-corrected chi connectivity index (χ4v) is 2.41. The van der Waals surface area contributed by atoms with Crippen LogP contribution in [-0.4, -0.2) is 11.0 Å². The van der Waals surface area contributed by atoms with E-state index >= 15 is 0 Å². The predicted molar refractivity (Wildman–Crippen MR) is 84.8 cm³/mol. The van der Waals surface area contributed by atoms with Crippen LogP contribution in [0.2, 0.25) is 0 Å². The van der Waals surface area contributed by atoms with E-state index in [4.69, 9.17) is 4.74 Å². The van der Waals surface area contributed by atoms with Crippen LogP contribution in [-0.2, 0) is 6.54 Å². The summed E-state index contributed by atoms with van der Waals surface area (Å²) in [6, 6.07) is 6.99. The molecule has 0 bridgehead atoms. The van der Waals surface area contributed by atoms with Crippen molar-refractivity contribution in [2.75, 3.05) is 0 Å². The number of ether oxygens (including phenoxy) is 1. The fraction of sp³-hybridized carbons (Fsp3) is 0.389. The first-order valence-corrected chi connectivity index (χ1v) is 7.55. The lowest BCUT2D eigenvalue weighted by Crippen LogP contribution is -2.15. The monoisotopic (exact) mass is 282 g/mol. The smallest absolute Gasteiger partial charge is 0.150 e. The van der Waals surface area contributed by atoms with Crippen molar-refractivity contribution >= 4 is 0 Å². The minimum atomic E-state index is 0.689. The summed E-state index contributed by atoms with van der Waals surface area (Å²) >= 11 is 0. The van der Waals surface area contributed by atoms with Gasteiger partial charge in [-0.2, -0.15) is 0 Å². The summed E-state index contributed by atoms with van der Waals surface area (Å²) in [6.45, 7) is 7.15. The van der Waals surface area contributed by atoms with Gasteiger partial charge in [0.05, 0.1) is 6.20 Å². The zero-order valence-corrected chi connectivity index (χ0v) is 12.9. The molecular weight excluding hydrogens is 260 g/mol. The lowest BCUT2D eigenvalue weighted by Gasteiger charge is -2.15. The lowest BCUT2D eigenvalue weighted by atomic mass is 10.1. The number of aromatic nitrogens is 1. The van der Waals surface area contributed by atoms with Crippen LogP contribution in [0.4, 0.5) is 0 Å². The second-order valence-corrected chi connectivity index (χ2v) is 5.95. The Morgan fingerprint density at radius 3 is 2.76 bits per heavy atom. The van der Waals surface area contributed by atoms with Crippen molar-refractivity contribution in [2.45, 2.75) is 46.2 Å². The highest BCUT2D eigenvalue weighted by Crippen LogP contribution is 2.30. The highest BCUT2D eigenvalue weighted by Gasteiger charge is 2.20. The zero-order valence-electron chi connectivity index (χ0n) is 12.9. The van der Waals surface area contributed by atoms with Crippen LogP contribution in [0.5, 0.6) is 11.5 Å². The van der Waals surface area contributed by atoms with Crippen LogP contribution in [0, 0.1) is 20.8 Å². The molecule has 1 N–H and O–H groups in total. The van der Waals surface area contributed by atoms with Crippen LogP contribution < -0.4 is 10.1 Å². The number of aryl methyl sites for hydroxylation is 2. The van der Waals surface area contributed by atoms with E-state index in [1.165, 1.54) is 29.5 Å². The number of hydrogen-bond acceptors (Lipinski definition) is 3. The van der Waals surface area contributed by atoms with Crippen molar-refractivity contribution in [1.82, 2.24) is 10.3 Å². The SMILES string of the molecule is Cc1cc(C)c(C)c(Oc2cnccc2CNC2CC2)c1. The maximum absolute atomic E-state index is 6.15. The Hall–Kier alpha value is -1.87.